The standard InChI is InChI=1S/C14H15N3O3/c18-12-11(8-9-4-3-7-15-9)13(19)17(14(20)16-12)10-5-1-2-6-10/h3-4,7-8,10,19H,1-2,5-6H2,(H,16,18,20)/b9-8+. The molecule has 0 amide bonds. The number of aliphatic imine (C=N–C) groups is 1. The topological polar surface area (TPSA) is 87.5 Å². The van der Waals surface area contributed by atoms with E-state index in [0.29, 0.717) is 5.70 Å². The van der Waals surface area contributed by atoms with E-state index in [1.807, 2.05) is 0 Å². The van der Waals surface area contributed by atoms with Crippen LogP contribution < -0.4 is 11.2 Å². The summed E-state index contributed by atoms with van der Waals surface area (Å²) in [7, 11) is 0. The smallest absolute Gasteiger partial charge is 0.331 e. The zero-order valence-corrected chi connectivity index (χ0v) is 10.9. The van der Waals surface area contributed by atoms with Crippen molar-refractivity contribution in [2.45, 2.75) is 31.7 Å². The first-order chi connectivity index (χ1) is 9.66. The molecule has 6 nitrogen and oxygen atoms in total. The zero-order valence-electron chi connectivity index (χ0n) is 10.9. The van der Waals surface area contributed by atoms with Crippen LogP contribution in [0.3, 0.4) is 0 Å². The highest BCUT2D eigenvalue weighted by Gasteiger charge is 2.23. The number of rotatable bonds is 2. The molecule has 1 fully saturated rings. The Morgan fingerprint density at radius 2 is 2.10 bits per heavy atom. The molecule has 3 rings (SSSR count). The number of H-pyrrole nitrogens is 1. The van der Waals surface area contributed by atoms with Crippen molar-refractivity contribution in [1.29, 1.82) is 0 Å². The van der Waals surface area contributed by atoms with Crippen molar-refractivity contribution in [3.05, 3.63) is 44.3 Å². The lowest BCUT2D eigenvalue weighted by atomic mass is 10.2. The average Bonchev–Trinajstić information content (AvgIpc) is 3.07. The summed E-state index contributed by atoms with van der Waals surface area (Å²) in [5.41, 5.74) is -0.491. The van der Waals surface area contributed by atoms with E-state index >= 15 is 0 Å². The van der Waals surface area contributed by atoms with Gasteiger partial charge in [0.2, 0.25) is 5.88 Å². The van der Waals surface area contributed by atoms with Crippen LogP contribution in [0.4, 0.5) is 0 Å². The molecule has 0 atom stereocenters. The van der Waals surface area contributed by atoms with Crippen molar-refractivity contribution >= 4 is 12.3 Å². The van der Waals surface area contributed by atoms with E-state index in [9.17, 15) is 14.7 Å². The summed E-state index contributed by atoms with van der Waals surface area (Å²) in [5.74, 6) is -0.270. The Kier molecular flexibility index (Phi) is 3.14. The van der Waals surface area contributed by atoms with Crippen LogP contribution in [0.5, 0.6) is 5.88 Å². The third kappa shape index (κ3) is 2.13. The van der Waals surface area contributed by atoms with Crippen LogP contribution >= 0.6 is 0 Å². The van der Waals surface area contributed by atoms with Gasteiger partial charge in [0.05, 0.1) is 5.70 Å². The minimum absolute atomic E-state index is 0.0425. The van der Waals surface area contributed by atoms with Crippen LogP contribution in [-0.4, -0.2) is 20.9 Å². The molecular formula is C14H15N3O3. The maximum Gasteiger partial charge on any atom is 0.331 e. The van der Waals surface area contributed by atoms with Crippen LogP contribution in [-0.2, 0) is 0 Å². The van der Waals surface area contributed by atoms with Crippen molar-refractivity contribution in [2.75, 3.05) is 0 Å². The van der Waals surface area contributed by atoms with Gasteiger partial charge >= 0.3 is 5.69 Å². The van der Waals surface area contributed by atoms with Gasteiger partial charge in [0, 0.05) is 12.3 Å². The van der Waals surface area contributed by atoms with Crippen LogP contribution in [0.1, 0.15) is 37.3 Å². The summed E-state index contributed by atoms with van der Waals surface area (Å²) in [5, 5.41) is 10.3. The average molecular weight is 273 g/mol. The molecule has 0 radical (unpaired) electrons. The highest BCUT2D eigenvalue weighted by atomic mass is 16.3. The summed E-state index contributed by atoms with van der Waals surface area (Å²) in [6.07, 6.45) is 10.3. The molecule has 20 heavy (non-hydrogen) atoms. The van der Waals surface area contributed by atoms with E-state index in [0.717, 1.165) is 25.7 Å². The fourth-order valence-corrected chi connectivity index (χ4v) is 2.73. The number of nitrogens with one attached hydrogen (secondary N) is 1. The Labute approximate surface area is 114 Å². The van der Waals surface area contributed by atoms with Crippen LogP contribution in [0, 0.1) is 0 Å². The van der Waals surface area contributed by atoms with Crippen molar-refractivity contribution in [1.82, 2.24) is 9.55 Å². The molecule has 1 aliphatic carbocycles. The van der Waals surface area contributed by atoms with E-state index in [1.165, 1.54) is 10.6 Å². The van der Waals surface area contributed by atoms with Gasteiger partial charge in [-0.1, -0.05) is 12.8 Å². The molecular weight excluding hydrogens is 258 g/mol. The van der Waals surface area contributed by atoms with Gasteiger partial charge in [-0.15, -0.1) is 0 Å². The van der Waals surface area contributed by atoms with Crippen LogP contribution in [0.2, 0.25) is 0 Å². The van der Waals surface area contributed by atoms with E-state index in [2.05, 4.69) is 9.98 Å². The Morgan fingerprint density at radius 3 is 2.75 bits per heavy atom. The second-order valence-electron chi connectivity index (χ2n) is 5.01. The molecule has 104 valence electrons. The molecule has 0 spiro atoms. The van der Waals surface area contributed by atoms with Gasteiger partial charge < -0.3 is 5.11 Å². The molecule has 1 aromatic heterocycles. The predicted octanol–water partition coefficient (Wildman–Crippen LogP) is 1.34. The number of aromatic hydroxyl groups is 1. The molecule has 0 bridgehead atoms. The van der Waals surface area contributed by atoms with Crippen molar-refractivity contribution in [2.24, 2.45) is 4.99 Å². The zero-order chi connectivity index (χ0) is 14.1. The van der Waals surface area contributed by atoms with Crippen molar-refractivity contribution < 1.29 is 5.11 Å². The first-order valence-electron chi connectivity index (χ1n) is 6.67. The van der Waals surface area contributed by atoms with E-state index in [1.54, 1.807) is 18.4 Å². The molecule has 1 aromatic rings. The fraction of sp³-hybridized carbons (Fsp3) is 0.357. The number of aromatic amines is 1. The first-order valence-corrected chi connectivity index (χ1v) is 6.67. The summed E-state index contributed by atoms with van der Waals surface area (Å²) < 4.78 is 1.29. The number of allylic oxidation sites excluding steroid dienone is 2. The number of hydrogen-bond acceptors (Lipinski definition) is 4. The largest absolute Gasteiger partial charge is 0.494 e. The molecule has 2 N–H and O–H groups in total. The van der Waals surface area contributed by atoms with Gasteiger partial charge in [0.25, 0.3) is 5.56 Å². The summed E-state index contributed by atoms with van der Waals surface area (Å²) in [6, 6.07) is -0.0425. The monoisotopic (exact) mass is 273 g/mol. The maximum atomic E-state index is 11.9. The third-order valence-corrected chi connectivity index (χ3v) is 3.71. The SMILES string of the molecule is O=c1[nH]c(=O)n(C2CCCC2)c(O)c1/C=C1\C=CC=N1. The van der Waals surface area contributed by atoms with Gasteiger partial charge in [0.15, 0.2) is 0 Å². The molecule has 0 unspecified atom stereocenters. The number of hydrogen-bond donors (Lipinski definition) is 2. The van der Waals surface area contributed by atoms with E-state index in [4.69, 9.17) is 0 Å². The van der Waals surface area contributed by atoms with Crippen LogP contribution in [0.15, 0.2) is 32.4 Å². The summed E-state index contributed by atoms with van der Waals surface area (Å²) >= 11 is 0. The quantitative estimate of drug-likeness (QED) is 0.852. The second-order valence-corrected chi connectivity index (χ2v) is 5.01. The third-order valence-electron chi connectivity index (χ3n) is 3.71. The molecule has 2 heterocycles. The molecule has 0 saturated heterocycles. The van der Waals surface area contributed by atoms with Gasteiger partial charge in [-0.3, -0.25) is 19.3 Å². The Bertz CT molecular complexity index is 717. The Balaban J connectivity index is 2.15. The molecule has 2 aliphatic rings. The lowest BCUT2D eigenvalue weighted by molar-refractivity contribution is 0.362. The molecule has 0 aromatic carbocycles. The number of nitrogens with zero attached hydrogens (tertiary/aromatic N) is 2. The molecule has 1 saturated carbocycles. The van der Waals surface area contributed by atoms with E-state index in [-0.39, 0.29) is 17.5 Å². The second kappa shape index (κ2) is 4.96. The van der Waals surface area contributed by atoms with E-state index < -0.39 is 11.2 Å². The van der Waals surface area contributed by atoms with Crippen LogP contribution in [0.25, 0.3) is 6.08 Å². The summed E-state index contributed by atoms with van der Waals surface area (Å²) in [4.78, 5) is 30.1. The number of aromatic nitrogens is 2. The first kappa shape index (κ1) is 12.7. The predicted molar refractivity (Wildman–Crippen MR) is 76.1 cm³/mol. The highest BCUT2D eigenvalue weighted by molar-refractivity contribution is 5.79. The fourth-order valence-electron chi connectivity index (χ4n) is 2.73. The minimum atomic E-state index is -0.593. The highest BCUT2D eigenvalue weighted by Crippen LogP contribution is 2.31. The van der Waals surface area contributed by atoms with Gasteiger partial charge in [-0.05, 0) is 31.1 Å². The van der Waals surface area contributed by atoms with Gasteiger partial charge in [-0.2, -0.15) is 0 Å². The lowest BCUT2D eigenvalue weighted by Crippen LogP contribution is -2.33. The van der Waals surface area contributed by atoms with Crippen molar-refractivity contribution in [3.8, 4) is 5.88 Å². The normalized spacial score (nSPS) is 20.3. The molecule has 6 heteroatoms. The Morgan fingerprint density at radius 1 is 1.35 bits per heavy atom. The maximum absolute atomic E-state index is 11.9. The molecule has 1 aliphatic heterocycles. The van der Waals surface area contributed by atoms with Gasteiger partial charge in [-0.25, -0.2) is 4.79 Å². The minimum Gasteiger partial charge on any atom is -0.494 e. The summed E-state index contributed by atoms with van der Waals surface area (Å²) in [6.45, 7) is 0. The van der Waals surface area contributed by atoms with Crippen molar-refractivity contribution in [3.63, 3.8) is 0 Å². The Hall–Kier alpha value is -2.37. The lowest BCUT2D eigenvalue weighted by Gasteiger charge is -2.15. The van der Waals surface area contributed by atoms with Gasteiger partial charge in [0.1, 0.15) is 5.56 Å².